The van der Waals surface area contributed by atoms with E-state index in [1.807, 2.05) is 0 Å². The van der Waals surface area contributed by atoms with E-state index in [-0.39, 0.29) is 17.2 Å². The largest absolute Gasteiger partial charge is 0.507 e. The van der Waals surface area contributed by atoms with E-state index in [1.165, 1.54) is 0 Å². The molecule has 1 fully saturated rings. The number of rotatable bonds is 1. The Balaban J connectivity index is 2.18. The Hall–Kier alpha value is -1.55. The van der Waals surface area contributed by atoms with Crippen molar-refractivity contribution < 1.29 is 9.90 Å². The zero-order valence-electron chi connectivity index (χ0n) is 10.2. The summed E-state index contributed by atoms with van der Waals surface area (Å²) < 4.78 is 0. The molecule has 0 bridgehead atoms. The molecule has 0 aromatic heterocycles. The van der Waals surface area contributed by atoms with Gasteiger partial charge in [-0.15, -0.1) is 0 Å². The fourth-order valence-corrected chi connectivity index (χ4v) is 2.14. The lowest BCUT2D eigenvalue weighted by molar-refractivity contribution is 0.0649. The van der Waals surface area contributed by atoms with Gasteiger partial charge in [0.2, 0.25) is 0 Å². The summed E-state index contributed by atoms with van der Waals surface area (Å²) in [5.74, 6) is -0.0495. The second kappa shape index (κ2) is 4.37. The first kappa shape index (κ1) is 11.9. The lowest BCUT2D eigenvalue weighted by atomic mass is 10.0. The zero-order chi connectivity index (χ0) is 12.5. The Labute approximate surface area is 101 Å². The van der Waals surface area contributed by atoms with Gasteiger partial charge in [-0.05, 0) is 26.0 Å². The van der Waals surface area contributed by atoms with Crippen molar-refractivity contribution in [2.75, 3.05) is 19.6 Å². The molecule has 0 spiro atoms. The van der Waals surface area contributed by atoms with Crippen molar-refractivity contribution in [3.8, 4) is 5.75 Å². The first-order valence-corrected chi connectivity index (χ1v) is 5.82. The quantitative estimate of drug-likeness (QED) is 0.768. The van der Waals surface area contributed by atoms with E-state index in [2.05, 4.69) is 19.2 Å². The summed E-state index contributed by atoms with van der Waals surface area (Å²) >= 11 is 0. The number of para-hydroxylation sites is 1. The second-order valence-corrected chi connectivity index (χ2v) is 5.05. The number of carbonyl (C=O) groups excluding carboxylic acids is 1. The molecule has 4 heteroatoms. The summed E-state index contributed by atoms with van der Waals surface area (Å²) in [5.41, 5.74) is 0.309. The number of phenolic OH excluding ortho intramolecular Hbond substituents is 1. The molecule has 2 N–H and O–H groups in total. The summed E-state index contributed by atoms with van der Waals surface area (Å²) in [5, 5.41) is 13.0. The van der Waals surface area contributed by atoms with E-state index in [0.29, 0.717) is 18.7 Å². The Morgan fingerprint density at radius 1 is 1.41 bits per heavy atom. The molecule has 92 valence electrons. The minimum atomic E-state index is -0.0994. The van der Waals surface area contributed by atoms with E-state index in [1.54, 1.807) is 29.2 Å². The number of piperazine rings is 1. The van der Waals surface area contributed by atoms with Gasteiger partial charge in [-0.3, -0.25) is 4.79 Å². The molecule has 1 heterocycles. The molecule has 1 aliphatic rings. The Kier molecular flexibility index (Phi) is 3.07. The Bertz CT molecular complexity index is 429. The number of amides is 1. The number of nitrogens with zero attached hydrogens (tertiary/aromatic N) is 1. The molecule has 1 aromatic rings. The Morgan fingerprint density at radius 3 is 2.76 bits per heavy atom. The summed E-state index contributed by atoms with van der Waals surface area (Å²) in [4.78, 5) is 14.0. The predicted octanol–water partition coefficient (Wildman–Crippen LogP) is 1.22. The fraction of sp³-hybridized carbons (Fsp3) is 0.462. The predicted molar refractivity (Wildman–Crippen MR) is 66.1 cm³/mol. The van der Waals surface area contributed by atoms with Crippen molar-refractivity contribution in [3.63, 3.8) is 0 Å². The van der Waals surface area contributed by atoms with Crippen LogP contribution in [-0.4, -0.2) is 41.1 Å². The molecule has 1 aliphatic heterocycles. The number of hydrogen-bond acceptors (Lipinski definition) is 3. The molecule has 2 rings (SSSR count). The first-order valence-electron chi connectivity index (χ1n) is 5.82. The lowest BCUT2D eigenvalue weighted by Crippen LogP contribution is -2.58. The van der Waals surface area contributed by atoms with E-state index in [0.717, 1.165) is 6.54 Å². The maximum Gasteiger partial charge on any atom is 0.257 e. The second-order valence-electron chi connectivity index (χ2n) is 5.05. The van der Waals surface area contributed by atoms with Gasteiger partial charge < -0.3 is 15.3 Å². The average Bonchev–Trinajstić information content (AvgIpc) is 2.27. The van der Waals surface area contributed by atoms with Crippen LogP contribution < -0.4 is 5.32 Å². The fourth-order valence-electron chi connectivity index (χ4n) is 2.14. The van der Waals surface area contributed by atoms with Crippen LogP contribution in [0.15, 0.2) is 24.3 Å². The third-order valence-corrected chi connectivity index (χ3v) is 2.99. The highest BCUT2D eigenvalue weighted by molar-refractivity contribution is 5.96. The molecule has 1 amide bonds. The molecule has 1 saturated heterocycles. The molecule has 0 unspecified atom stereocenters. The molecular weight excluding hydrogens is 216 g/mol. The molecule has 17 heavy (non-hydrogen) atoms. The smallest absolute Gasteiger partial charge is 0.257 e. The van der Waals surface area contributed by atoms with Crippen LogP contribution in [-0.2, 0) is 0 Å². The molecule has 0 radical (unpaired) electrons. The number of aromatic hydroxyl groups is 1. The highest BCUT2D eigenvalue weighted by atomic mass is 16.3. The third-order valence-electron chi connectivity index (χ3n) is 2.99. The van der Waals surface area contributed by atoms with Crippen LogP contribution >= 0.6 is 0 Å². The Morgan fingerprint density at radius 2 is 2.12 bits per heavy atom. The van der Waals surface area contributed by atoms with Crippen molar-refractivity contribution in [2.24, 2.45) is 0 Å². The number of hydrogen-bond donors (Lipinski definition) is 2. The van der Waals surface area contributed by atoms with Gasteiger partial charge in [0.05, 0.1) is 5.56 Å². The van der Waals surface area contributed by atoms with Crippen molar-refractivity contribution in [1.29, 1.82) is 0 Å². The molecule has 0 aliphatic carbocycles. The van der Waals surface area contributed by atoms with Crippen molar-refractivity contribution in [1.82, 2.24) is 10.2 Å². The normalized spacial score (nSPS) is 19.1. The monoisotopic (exact) mass is 234 g/mol. The average molecular weight is 234 g/mol. The minimum Gasteiger partial charge on any atom is -0.507 e. The summed E-state index contributed by atoms with van der Waals surface area (Å²) in [6.07, 6.45) is 0. The van der Waals surface area contributed by atoms with Crippen molar-refractivity contribution >= 4 is 5.91 Å². The minimum absolute atomic E-state index is 0.0499. The van der Waals surface area contributed by atoms with Gasteiger partial charge in [-0.1, -0.05) is 12.1 Å². The summed E-state index contributed by atoms with van der Waals surface area (Å²) in [6.45, 7) is 6.25. The first-order chi connectivity index (χ1) is 7.99. The van der Waals surface area contributed by atoms with Gasteiger partial charge in [-0.2, -0.15) is 0 Å². The standard InChI is InChI=1S/C13H18N2O2/c1-13(2)9-15(8-7-14-13)12(17)10-5-3-4-6-11(10)16/h3-6,14,16H,7-9H2,1-2H3. The maximum atomic E-state index is 12.2. The molecule has 0 saturated carbocycles. The van der Waals surface area contributed by atoms with Crippen LogP contribution in [0.3, 0.4) is 0 Å². The lowest BCUT2D eigenvalue weighted by Gasteiger charge is -2.39. The van der Waals surface area contributed by atoms with Crippen LogP contribution in [0.4, 0.5) is 0 Å². The number of benzene rings is 1. The molecule has 0 atom stereocenters. The number of phenols is 1. The van der Waals surface area contributed by atoms with Crippen molar-refractivity contribution in [2.45, 2.75) is 19.4 Å². The van der Waals surface area contributed by atoms with Gasteiger partial charge >= 0.3 is 0 Å². The van der Waals surface area contributed by atoms with Gasteiger partial charge in [0, 0.05) is 25.2 Å². The summed E-state index contributed by atoms with van der Waals surface area (Å²) in [6, 6.07) is 6.68. The topological polar surface area (TPSA) is 52.6 Å². The van der Waals surface area contributed by atoms with Gasteiger partial charge in [0.15, 0.2) is 0 Å². The van der Waals surface area contributed by atoms with Crippen LogP contribution in [0.2, 0.25) is 0 Å². The zero-order valence-corrected chi connectivity index (χ0v) is 10.2. The summed E-state index contributed by atoms with van der Waals surface area (Å²) in [7, 11) is 0. The molecule has 1 aromatic carbocycles. The number of nitrogens with one attached hydrogen (secondary N) is 1. The SMILES string of the molecule is CC1(C)CN(C(=O)c2ccccc2O)CCN1. The van der Waals surface area contributed by atoms with E-state index in [9.17, 15) is 9.90 Å². The maximum absolute atomic E-state index is 12.2. The number of carbonyl (C=O) groups is 1. The third kappa shape index (κ3) is 2.58. The van der Waals surface area contributed by atoms with Crippen LogP contribution in [0.1, 0.15) is 24.2 Å². The van der Waals surface area contributed by atoms with Crippen LogP contribution in [0.5, 0.6) is 5.75 Å². The van der Waals surface area contributed by atoms with Crippen molar-refractivity contribution in [3.05, 3.63) is 29.8 Å². The van der Waals surface area contributed by atoms with E-state index >= 15 is 0 Å². The highest BCUT2D eigenvalue weighted by Crippen LogP contribution is 2.20. The highest BCUT2D eigenvalue weighted by Gasteiger charge is 2.29. The van der Waals surface area contributed by atoms with Gasteiger partial charge in [0.25, 0.3) is 5.91 Å². The molecule has 4 nitrogen and oxygen atoms in total. The van der Waals surface area contributed by atoms with Gasteiger partial charge in [0.1, 0.15) is 5.75 Å². The van der Waals surface area contributed by atoms with Crippen LogP contribution in [0, 0.1) is 0 Å². The van der Waals surface area contributed by atoms with Crippen LogP contribution in [0.25, 0.3) is 0 Å². The van der Waals surface area contributed by atoms with E-state index in [4.69, 9.17) is 0 Å². The molecular formula is C13H18N2O2. The van der Waals surface area contributed by atoms with Gasteiger partial charge in [-0.25, -0.2) is 0 Å². The van der Waals surface area contributed by atoms with E-state index < -0.39 is 0 Å².